The van der Waals surface area contributed by atoms with Gasteiger partial charge in [0.05, 0.1) is 11.6 Å². The Labute approximate surface area is 118 Å². The van der Waals surface area contributed by atoms with E-state index in [0.717, 1.165) is 17.1 Å². The second-order valence-corrected chi connectivity index (χ2v) is 4.89. The lowest BCUT2D eigenvalue weighted by molar-refractivity contribution is 0.487. The molecule has 0 aliphatic heterocycles. The van der Waals surface area contributed by atoms with Crippen molar-refractivity contribution in [3.8, 4) is 6.07 Å². The third-order valence-electron chi connectivity index (χ3n) is 3.32. The maximum absolute atomic E-state index is 13.7. The van der Waals surface area contributed by atoms with Gasteiger partial charge in [-0.1, -0.05) is 0 Å². The molecule has 0 aliphatic rings. The fourth-order valence-corrected chi connectivity index (χ4v) is 2.23. The van der Waals surface area contributed by atoms with Crippen LogP contribution in [0.25, 0.3) is 0 Å². The lowest BCUT2D eigenvalue weighted by Crippen LogP contribution is -2.19. The second-order valence-electron chi connectivity index (χ2n) is 4.89. The highest BCUT2D eigenvalue weighted by Crippen LogP contribution is 2.22. The monoisotopic (exact) mass is 272 g/mol. The summed E-state index contributed by atoms with van der Waals surface area (Å²) in [5.74, 6) is 1.43. The van der Waals surface area contributed by atoms with Gasteiger partial charge in [-0.05, 0) is 45.0 Å². The largest absolute Gasteiger partial charge is 0.466 e. The number of hydrogen-bond acceptors (Lipinski definition) is 3. The van der Waals surface area contributed by atoms with E-state index in [1.165, 1.54) is 12.1 Å². The number of nitriles is 1. The van der Waals surface area contributed by atoms with E-state index in [0.29, 0.717) is 17.7 Å². The Morgan fingerprint density at radius 2 is 2.10 bits per heavy atom. The lowest BCUT2D eigenvalue weighted by atomic mass is 10.1. The van der Waals surface area contributed by atoms with Crippen molar-refractivity contribution >= 4 is 0 Å². The van der Waals surface area contributed by atoms with Crippen molar-refractivity contribution in [1.82, 2.24) is 5.32 Å². The van der Waals surface area contributed by atoms with Crippen molar-refractivity contribution in [1.29, 1.82) is 5.26 Å². The molecule has 2 aromatic rings. The average Bonchev–Trinajstić information content (AvgIpc) is 2.76. The van der Waals surface area contributed by atoms with Gasteiger partial charge in [0.2, 0.25) is 0 Å². The molecular formula is C16H17FN2O. The first-order valence-electron chi connectivity index (χ1n) is 6.50. The molecule has 0 radical (unpaired) electrons. The minimum Gasteiger partial charge on any atom is -0.466 e. The Morgan fingerprint density at radius 3 is 2.70 bits per heavy atom. The van der Waals surface area contributed by atoms with Crippen LogP contribution in [0.5, 0.6) is 0 Å². The molecule has 1 unspecified atom stereocenters. The molecule has 0 fully saturated rings. The molecule has 0 saturated carbocycles. The SMILES string of the molecule is Cc1cc(C(C)NCc2cc(C#N)ccc2F)c(C)o1. The van der Waals surface area contributed by atoms with E-state index in [2.05, 4.69) is 5.32 Å². The highest BCUT2D eigenvalue weighted by molar-refractivity contribution is 5.34. The molecule has 0 saturated heterocycles. The first-order valence-corrected chi connectivity index (χ1v) is 6.50. The van der Waals surface area contributed by atoms with E-state index < -0.39 is 0 Å². The van der Waals surface area contributed by atoms with Crippen molar-refractivity contribution in [3.63, 3.8) is 0 Å². The van der Waals surface area contributed by atoms with Crippen LogP contribution in [0, 0.1) is 31.0 Å². The zero-order valence-corrected chi connectivity index (χ0v) is 11.8. The molecule has 2 rings (SSSR count). The van der Waals surface area contributed by atoms with Crippen LogP contribution in [0.1, 0.15) is 41.2 Å². The van der Waals surface area contributed by atoms with Crippen LogP contribution >= 0.6 is 0 Å². The van der Waals surface area contributed by atoms with E-state index in [4.69, 9.17) is 9.68 Å². The van der Waals surface area contributed by atoms with Gasteiger partial charge in [0.1, 0.15) is 17.3 Å². The standard InChI is InChI=1S/C16H17FN2O/c1-10-6-15(12(3)20-10)11(2)19-9-14-7-13(8-18)4-5-16(14)17/h4-7,11,19H,9H2,1-3H3. The van der Waals surface area contributed by atoms with Gasteiger partial charge in [-0.15, -0.1) is 0 Å². The van der Waals surface area contributed by atoms with Crippen LogP contribution < -0.4 is 5.32 Å². The summed E-state index contributed by atoms with van der Waals surface area (Å²) in [6.45, 7) is 6.19. The molecule has 1 N–H and O–H groups in total. The van der Waals surface area contributed by atoms with E-state index in [-0.39, 0.29) is 11.9 Å². The van der Waals surface area contributed by atoms with Gasteiger partial charge >= 0.3 is 0 Å². The summed E-state index contributed by atoms with van der Waals surface area (Å²) >= 11 is 0. The first kappa shape index (κ1) is 14.3. The number of nitrogens with one attached hydrogen (secondary N) is 1. The number of aryl methyl sites for hydroxylation is 2. The van der Waals surface area contributed by atoms with Gasteiger partial charge in [-0.2, -0.15) is 5.26 Å². The molecular weight excluding hydrogens is 255 g/mol. The molecule has 0 amide bonds. The van der Waals surface area contributed by atoms with E-state index in [9.17, 15) is 4.39 Å². The van der Waals surface area contributed by atoms with Gasteiger partial charge in [0.15, 0.2) is 0 Å². The highest BCUT2D eigenvalue weighted by atomic mass is 19.1. The minimum atomic E-state index is -0.302. The summed E-state index contributed by atoms with van der Waals surface area (Å²) in [5.41, 5.74) is 2.03. The van der Waals surface area contributed by atoms with Crippen LogP contribution in [-0.2, 0) is 6.54 Å². The molecule has 3 nitrogen and oxygen atoms in total. The molecule has 1 heterocycles. The molecule has 0 bridgehead atoms. The van der Waals surface area contributed by atoms with Gasteiger partial charge in [-0.3, -0.25) is 0 Å². The van der Waals surface area contributed by atoms with Crippen LogP contribution in [0.15, 0.2) is 28.7 Å². The predicted molar refractivity (Wildman–Crippen MR) is 74.6 cm³/mol. The zero-order chi connectivity index (χ0) is 14.7. The zero-order valence-electron chi connectivity index (χ0n) is 11.8. The molecule has 1 aromatic heterocycles. The summed E-state index contributed by atoms with van der Waals surface area (Å²) in [6.07, 6.45) is 0. The number of hydrogen-bond donors (Lipinski definition) is 1. The van der Waals surface area contributed by atoms with Gasteiger partial charge < -0.3 is 9.73 Å². The summed E-state index contributed by atoms with van der Waals surface area (Å²) in [6, 6.07) is 8.43. The van der Waals surface area contributed by atoms with Crippen LogP contribution in [0.2, 0.25) is 0 Å². The minimum absolute atomic E-state index is 0.0533. The third kappa shape index (κ3) is 3.06. The molecule has 0 spiro atoms. The van der Waals surface area contributed by atoms with E-state index in [1.807, 2.05) is 32.9 Å². The Balaban J connectivity index is 2.09. The second kappa shape index (κ2) is 5.89. The number of rotatable bonds is 4. The number of halogens is 1. The van der Waals surface area contributed by atoms with Gasteiger partial charge in [0.25, 0.3) is 0 Å². The fourth-order valence-electron chi connectivity index (χ4n) is 2.23. The Hall–Kier alpha value is -2.12. The summed E-state index contributed by atoms with van der Waals surface area (Å²) < 4.78 is 19.2. The van der Waals surface area contributed by atoms with E-state index in [1.54, 1.807) is 6.07 Å². The van der Waals surface area contributed by atoms with Crippen LogP contribution in [0.3, 0.4) is 0 Å². The topological polar surface area (TPSA) is 49.0 Å². The summed E-state index contributed by atoms with van der Waals surface area (Å²) in [7, 11) is 0. The smallest absolute Gasteiger partial charge is 0.127 e. The van der Waals surface area contributed by atoms with Crippen molar-refractivity contribution in [2.45, 2.75) is 33.4 Å². The maximum Gasteiger partial charge on any atom is 0.127 e. The quantitative estimate of drug-likeness (QED) is 0.922. The average molecular weight is 272 g/mol. The Bertz CT molecular complexity index is 655. The van der Waals surface area contributed by atoms with Crippen LogP contribution in [-0.4, -0.2) is 0 Å². The summed E-state index contributed by atoms with van der Waals surface area (Å²) in [5, 5.41) is 12.1. The van der Waals surface area contributed by atoms with Crippen molar-refractivity contribution in [2.24, 2.45) is 0 Å². The molecule has 4 heteroatoms. The Kier molecular flexibility index (Phi) is 4.21. The molecule has 1 atom stereocenters. The van der Waals surface area contributed by atoms with E-state index >= 15 is 0 Å². The Morgan fingerprint density at radius 1 is 1.35 bits per heavy atom. The molecule has 104 valence electrons. The maximum atomic E-state index is 13.7. The number of nitrogens with zero attached hydrogens (tertiary/aromatic N) is 1. The van der Waals surface area contributed by atoms with Gasteiger partial charge in [-0.25, -0.2) is 4.39 Å². The lowest BCUT2D eigenvalue weighted by Gasteiger charge is -2.13. The molecule has 0 aliphatic carbocycles. The predicted octanol–water partition coefficient (Wildman–Crippen LogP) is 3.76. The third-order valence-corrected chi connectivity index (χ3v) is 3.32. The number of benzene rings is 1. The van der Waals surface area contributed by atoms with Crippen molar-refractivity contribution in [2.75, 3.05) is 0 Å². The van der Waals surface area contributed by atoms with Crippen LogP contribution in [0.4, 0.5) is 4.39 Å². The summed E-state index contributed by atoms with van der Waals surface area (Å²) in [4.78, 5) is 0. The first-order chi connectivity index (χ1) is 9.51. The highest BCUT2D eigenvalue weighted by Gasteiger charge is 2.13. The van der Waals surface area contributed by atoms with Crippen molar-refractivity contribution < 1.29 is 8.81 Å². The molecule has 20 heavy (non-hydrogen) atoms. The van der Waals surface area contributed by atoms with Gasteiger partial charge in [0, 0.05) is 23.7 Å². The fraction of sp³-hybridized carbons (Fsp3) is 0.312. The number of furan rings is 1. The normalized spacial score (nSPS) is 12.2. The molecule has 1 aromatic carbocycles. The van der Waals surface area contributed by atoms with Crippen molar-refractivity contribution in [3.05, 3.63) is 58.3 Å².